The molecule has 1 fully saturated rings. The Bertz CT molecular complexity index is 369. The highest BCUT2D eigenvalue weighted by Crippen LogP contribution is 2.20. The first-order chi connectivity index (χ1) is 9.17. The first-order valence-electron chi connectivity index (χ1n) is 7.56. The Morgan fingerprint density at radius 2 is 2.21 bits per heavy atom. The zero-order chi connectivity index (χ0) is 13.7. The molecule has 3 nitrogen and oxygen atoms in total. The fourth-order valence-electron chi connectivity index (χ4n) is 2.33. The monoisotopic (exact) mass is 281 g/mol. The fraction of sp³-hybridized carbons (Fsp3) is 0.800. The van der Waals surface area contributed by atoms with Crippen LogP contribution in [0.15, 0.2) is 6.20 Å². The summed E-state index contributed by atoms with van der Waals surface area (Å²) in [6, 6.07) is 0.592. The molecule has 0 bridgehead atoms. The van der Waals surface area contributed by atoms with E-state index in [2.05, 4.69) is 36.0 Å². The molecule has 1 N–H and O–H groups in total. The van der Waals surface area contributed by atoms with E-state index in [0.717, 1.165) is 19.0 Å². The SMILES string of the molecule is CCC(C)NCc1cnc(CN2CCC(C)CC2)s1. The van der Waals surface area contributed by atoms with E-state index in [4.69, 9.17) is 0 Å². The predicted octanol–water partition coefficient (Wildman–Crippen LogP) is 3.26. The standard InChI is InChI=1S/C15H27N3S/c1-4-13(3)16-9-14-10-17-15(19-14)11-18-7-5-12(2)6-8-18/h10,12-13,16H,4-9,11H2,1-3H3. The molecule has 1 aromatic rings. The van der Waals surface area contributed by atoms with Crippen LogP contribution in [0.4, 0.5) is 0 Å². The minimum absolute atomic E-state index is 0.592. The molecule has 1 unspecified atom stereocenters. The highest BCUT2D eigenvalue weighted by Gasteiger charge is 2.16. The van der Waals surface area contributed by atoms with Gasteiger partial charge in [0.15, 0.2) is 0 Å². The number of nitrogens with zero attached hydrogens (tertiary/aromatic N) is 2. The van der Waals surface area contributed by atoms with Crippen molar-refractivity contribution in [1.82, 2.24) is 15.2 Å². The highest BCUT2D eigenvalue weighted by atomic mass is 32.1. The number of piperidine rings is 1. The van der Waals surface area contributed by atoms with Gasteiger partial charge in [-0.05, 0) is 45.2 Å². The Balaban J connectivity index is 1.77. The van der Waals surface area contributed by atoms with Gasteiger partial charge < -0.3 is 5.32 Å². The average Bonchev–Trinajstić information content (AvgIpc) is 2.86. The number of aromatic nitrogens is 1. The minimum atomic E-state index is 0.592. The van der Waals surface area contributed by atoms with Crippen LogP contribution in [-0.2, 0) is 13.1 Å². The summed E-state index contributed by atoms with van der Waals surface area (Å²) in [5.74, 6) is 0.905. The first-order valence-corrected chi connectivity index (χ1v) is 8.38. The maximum Gasteiger partial charge on any atom is 0.107 e. The lowest BCUT2D eigenvalue weighted by Crippen LogP contribution is -2.32. The van der Waals surface area contributed by atoms with Crippen LogP contribution in [0, 0.1) is 5.92 Å². The summed E-state index contributed by atoms with van der Waals surface area (Å²) in [5.41, 5.74) is 0. The second-order valence-electron chi connectivity index (χ2n) is 5.87. The molecule has 0 aliphatic carbocycles. The van der Waals surface area contributed by atoms with Crippen molar-refractivity contribution in [2.24, 2.45) is 5.92 Å². The van der Waals surface area contributed by atoms with Gasteiger partial charge in [0.1, 0.15) is 5.01 Å². The van der Waals surface area contributed by atoms with E-state index in [1.165, 1.54) is 42.2 Å². The van der Waals surface area contributed by atoms with Crippen LogP contribution in [0.1, 0.15) is 49.9 Å². The highest BCUT2D eigenvalue weighted by molar-refractivity contribution is 7.11. The first kappa shape index (κ1) is 14.9. The molecule has 2 heterocycles. The van der Waals surface area contributed by atoms with E-state index in [1.807, 2.05) is 17.5 Å². The van der Waals surface area contributed by atoms with Crippen molar-refractivity contribution < 1.29 is 0 Å². The van der Waals surface area contributed by atoms with E-state index in [-0.39, 0.29) is 0 Å². The Hall–Kier alpha value is -0.450. The molecule has 19 heavy (non-hydrogen) atoms. The number of thiazole rings is 1. The van der Waals surface area contributed by atoms with Crippen LogP contribution in [0.3, 0.4) is 0 Å². The summed E-state index contributed by atoms with van der Waals surface area (Å²) in [4.78, 5) is 8.48. The number of nitrogens with one attached hydrogen (secondary N) is 1. The van der Waals surface area contributed by atoms with Crippen LogP contribution in [0.2, 0.25) is 0 Å². The Morgan fingerprint density at radius 3 is 2.89 bits per heavy atom. The summed E-state index contributed by atoms with van der Waals surface area (Å²) < 4.78 is 0. The Labute approximate surface area is 121 Å². The van der Waals surface area contributed by atoms with Crippen LogP contribution in [-0.4, -0.2) is 29.0 Å². The fourth-order valence-corrected chi connectivity index (χ4v) is 3.25. The van der Waals surface area contributed by atoms with E-state index >= 15 is 0 Å². The lowest BCUT2D eigenvalue weighted by molar-refractivity contribution is 0.185. The molecule has 0 aromatic carbocycles. The van der Waals surface area contributed by atoms with Crippen LogP contribution in [0.25, 0.3) is 0 Å². The van der Waals surface area contributed by atoms with Crippen LogP contribution < -0.4 is 5.32 Å². The summed E-state index contributed by atoms with van der Waals surface area (Å²) >= 11 is 1.86. The molecule has 1 aromatic heterocycles. The van der Waals surface area contributed by atoms with E-state index in [0.29, 0.717) is 6.04 Å². The molecule has 1 atom stereocenters. The summed E-state index contributed by atoms with van der Waals surface area (Å²) in [6.45, 7) is 11.3. The summed E-state index contributed by atoms with van der Waals surface area (Å²) in [7, 11) is 0. The minimum Gasteiger partial charge on any atom is -0.309 e. The predicted molar refractivity (Wildman–Crippen MR) is 82.4 cm³/mol. The Kier molecular flexibility index (Phi) is 5.79. The quantitative estimate of drug-likeness (QED) is 0.867. The molecular formula is C15H27N3S. The van der Waals surface area contributed by atoms with Crippen molar-refractivity contribution in [3.05, 3.63) is 16.1 Å². The van der Waals surface area contributed by atoms with Crippen molar-refractivity contribution >= 4 is 11.3 Å². The largest absolute Gasteiger partial charge is 0.309 e. The van der Waals surface area contributed by atoms with Crippen molar-refractivity contribution in [2.45, 2.75) is 59.2 Å². The lowest BCUT2D eigenvalue weighted by atomic mass is 9.99. The van der Waals surface area contributed by atoms with Gasteiger partial charge in [-0.2, -0.15) is 0 Å². The van der Waals surface area contributed by atoms with Gasteiger partial charge in [0.2, 0.25) is 0 Å². The van der Waals surface area contributed by atoms with E-state index < -0.39 is 0 Å². The third kappa shape index (κ3) is 4.86. The van der Waals surface area contributed by atoms with Gasteiger partial charge in [0.25, 0.3) is 0 Å². The Morgan fingerprint density at radius 1 is 1.47 bits per heavy atom. The van der Waals surface area contributed by atoms with Gasteiger partial charge in [-0.1, -0.05) is 13.8 Å². The average molecular weight is 281 g/mol. The molecule has 1 aliphatic rings. The maximum absolute atomic E-state index is 4.57. The molecule has 2 rings (SSSR count). The zero-order valence-corrected chi connectivity index (χ0v) is 13.3. The number of likely N-dealkylation sites (tertiary alicyclic amines) is 1. The third-order valence-corrected chi connectivity index (χ3v) is 5.06. The number of rotatable bonds is 6. The third-order valence-electron chi connectivity index (χ3n) is 4.07. The smallest absolute Gasteiger partial charge is 0.107 e. The molecule has 0 radical (unpaired) electrons. The van der Waals surface area contributed by atoms with Gasteiger partial charge in [0.05, 0.1) is 6.54 Å². The van der Waals surface area contributed by atoms with Crippen LogP contribution in [0.5, 0.6) is 0 Å². The van der Waals surface area contributed by atoms with E-state index in [9.17, 15) is 0 Å². The van der Waals surface area contributed by atoms with Gasteiger partial charge in [-0.25, -0.2) is 4.98 Å². The summed E-state index contributed by atoms with van der Waals surface area (Å²) in [5, 5.41) is 4.80. The van der Waals surface area contributed by atoms with Crippen molar-refractivity contribution in [3.8, 4) is 0 Å². The maximum atomic E-state index is 4.57. The van der Waals surface area contributed by atoms with Crippen molar-refractivity contribution in [2.75, 3.05) is 13.1 Å². The molecule has 1 saturated heterocycles. The lowest BCUT2D eigenvalue weighted by Gasteiger charge is -2.29. The van der Waals surface area contributed by atoms with Gasteiger partial charge in [-0.3, -0.25) is 4.90 Å². The molecule has 0 saturated carbocycles. The zero-order valence-electron chi connectivity index (χ0n) is 12.5. The molecule has 108 valence electrons. The van der Waals surface area contributed by atoms with Gasteiger partial charge >= 0.3 is 0 Å². The van der Waals surface area contributed by atoms with E-state index in [1.54, 1.807) is 0 Å². The molecule has 1 aliphatic heterocycles. The van der Waals surface area contributed by atoms with Crippen molar-refractivity contribution in [3.63, 3.8) is 0 Å². The van der Waals surface area contributed by atoms with Gasteiger partial charge in [0, 0.05) is 23.7 Å². The molecule has 0 spiro atoms. The number of hydrogen-bond donors (Lipinski definition) is 1. The normalized spacial score (nSPS) is 19.7. The molecule has 0 amide bonds. The topological polar surface area (TPSA) is 28.2 Å². The van der Waals surface area contributed by atoms with Crippen LogP contribution >= 0.6 is 11.3 Å². The molecular weight excluding hydrogens is 254 g/mol. The number of hydrogen-bond acceptors (Lipinski definition) is 4. The molecule has 4 heteroatoms. The second kappa shape index (κ2) is 7.36. The second-order valence-corrected chi connectivity index (χ2v) is 7.07. The van der Waals surface area contributed by atoms with Gasteiger partial charge in [-0.15, -0.1) is 11.3 Å². The summed E-state index contributed by atoms with van der Waals surface area (Å²) in [6.07, 6.45) is 5.90. The van der Waals surface area contributed by atoms with Crippen molar-refractivity contribution in [1.29, 1.82) is 0 Å².